The predicted octanol–water partition coefficient (Wildman–Crippen LogP) is 8.80. The molecule has 234 valence electrons. The molecule has 4 aromatic rings. The fraction of sp³-hybridized carbons (Fsp3) is 0.342. The quantitative estimate of drug-likeness (QED) is 0.134. The van der Waals surface area contributed by atoms with Gasteiger partial charge in [0.15, 0.2) is 0 Å². The molecule has 1 N–H and O–H groups in total. The van der Waals surface area contributed by atoms with E-state index in [-0.39, 0.29) is 22.3 Å². The number of rotatable bonds is 15. The second-order valence-electron chi connectivity index (χ2n) is 11.8. The number of hydrogen-bond acceptors (Lipinski definition) is 5. The van der Waals surface area contributed by atoms with Crippen molar-refractivity contribution in [3.63, 3.8) is 0 Å². The van der Waals surface area contributed by atoms with Crippen molar-refractivity contribution in [1.29, 1.82) is 0 Å². The number of carbonyl (C=O) groups excluding carboxylic acids is 3. The smallest absolute Gasteiger partial charge is 0.286 e. The Bertz CT molecular complexity index is 1630. The van der Waals surface area contributed by atoms with Crippen LogP contribution in [0.2, 0.25) is 0 Å². The fourth-order valence-electron chi connectivity index (χ4n) is 5.69. The first-order chi connectivity index (χ1) is 21.9. The summed E-state index contributed by atoms with van der Waals surface area (Å²) in [4.78, 5) is 38.5. The minimum Gasteiger partial charge on any atom is -0.494 e. The van der Waals surface area contributed by atoms with Gasteiger partial charge in [0, 0.05) is 19.2 Å². The highest BCUT2D eigenvalue weighted by Crippen LogP contribution is 2.27. The SMILES string of the molecule is CCCCCCCCCOc1ccc2cc(C(=O)N(C)Cc3cccc(-c4ccc(CC5SC(=O)NC5=O)cc4)c3)ccc2c1. The molecule has 6 nitrogen and oxygen atoms in total. The molecule has 4 aromatic carbocycles. The number of benzene rings is 4. The van der Waals surface area contributed by atoms with Crippen LogP contribution in [0.5, 0.6) is 5.75 Å². The second kappa shape index (κ2) is 15.8. The average Bonchev–Trinajstić information content (AvgIpc) is 3.37. The van der Waals surface area contributed by atoms with Crippen molar-refractivity contribution in [1.82, 2.24) is 10.2 Å². The summed E-state index contributed by atoms with van der Waals surface area (Å²) in [6.07, 6.45) is 9.33. The maximum atomic E-state index is 13.4. The maximum Gasteiger partial charge on any atom is 0.286 e. The van der Waals surface area contributed by atoms with Crippen molar-refractivity contribution in [2.75, 3.05) is 13.7 Å². The molecule has 1 fully saturated rings. The molecule has 0 bridgehead atoms. The summed E-state index contributed by atoms with van der Waals surface area (Å²) in [5, 5.41) is 3.76. The third-order valence-electron chi connectivity index (χ3n) is 8.24. The van der Waals surface area contributed by atoms with Crippen molar-refractivity contribution in [2.45, 2.75) is 70.1 Å². The van der Waals surface area contributed by atoms with Crippen molar-refractivity contribution >= 4 is 39.6 Å². The number of hydrogen-bond donors (Lipinski definition) is 1. The topological polar surface area (TPSA) is 75.7 Å². The van der Waals surface area contributed by atoms with E-state index in [4.69, 9.17) is 4.74 Å². The first kappa shape index (κ1) is 32.3. The zero-order valence-corrected chi connectivity index (χ0v) is 27.0. The molecule has 1 atom stereocenters. The number of nitrogens with zero attached hydrogens (tertiary/aromatic N) is 1. The Kier molecular flexibility index (Phi) is 11.3. The Morgan fingerprint density at radius 3 is 2.29 bits per heavy atom. The summed E-state index contributed by atoms with van der Waals surface area (Å²) >= 11 is 1.05. The molecule has 3 amide bonds. The molecular weight excluding hydrogens is 580 g/mol. The van der Waals surface area contributed by atoms with E-state index in [1.165, 1.54) is 38.5 Å². The Balaban J connectivity index is 1.14. The number of fused-ring (bicyclic) bond motifs is 1. The van der Waals surface area contributed by atoms with Crippen molar-refractivity contribution < 1.29 is 19.1 Å². The predicted molar refractivity (Wildman–Crippen MR) is 184 cm³/mol. The Morgan fingerprint density at radius 2 is 1.53 bits per heavy atom. The van der Waals surface area contributed by atoms with Crippen LogP contribution >= 0.6 is 11.8 Å². The van der Waals surface area contributed by atoms with E-state index in [1.54, 1.807) is 4.90 Å². The molecule has 0 aliphatic carbocycles. The lowest BCUT2D eigenvalue weighted by Gasteiger charge is -2.18. The van der Waals surface area contributed by atoms with E-state index in [1.807, 2.05) is 73.8 Å². The van der Waals surface area contributed by atoms with Crippen molar-refractivity contribution in [3.8, 4) is 16.9 Å². The lowest BCUT2D eigenvalue weighted by Crippen LogP contribution is -2.26. The van der Waals surface area contributed by atoms with Crippen LogP contribution < -0.4 is 10.1 Å². The number of amides is 3. The molecular formula is C38H42N2O4S. The van der Waals surface area contributed by atoms with Gasteiger partial charge in [0.05, 0.1) is 11.9 Å². The molecule has 1 unspecified atom stereocenters. The first-order valence-electron chi connectivity index (χ1n) is 16.0. The van der Waals surface area contributed by atoms with Crippen LogP contribution in [0.1, 0.15) is 73.4 Å². The van der Waals surface area contributed by atoms with Gasteiger partial charge in [-0.2, -0.15) is 0 Å². The lowest BCUT2D eigenvalue weighted by molar-refractivity contribution is -0.118. The molecule has 1 saturated heterocycles. The second-order valence-corrected chi connectivity index (χ2v) is 13.0. The summed E-state index contributed by atoms with van der Waals surface area (Å²) in [7, 11) is 1.83. The minimum atomic E-state index is -0.376. The summed E-state index contributed by atoms with van der Waals surface area (Å²) in [5.74, 6) is 0.617. The van der Waals surface area contributed by atoms with E-state index in [0.29, 0.717) is 18.5 Å². The lowest BCUT2D eigenvalue weighted by atomic mass is 10.00. The van der Waals surface area contributed by atoms with Crippen LogP contribution in [-0.4, -0.2) is 40.9 Å². The highest BCUT2D eigenvalue weighted by molar-refractivity contribution is 8.15. The van der Waals surface area contributed by atoms with Crippen LogP contribution in [0, 0.1) is 0 Å². The summed E-state index contributed by atoms with van der Waals surface area (Å²) in [6.45, 7) is 3.46. The molecule has 0 spiro atoms. The van der Waals surface area contributed by atoms with Gasteiger partial charge in [0.25, 0.3) is 11.1 Å². The van der Waals surface area contributed by atoms with Crippen molar-refractivity contribution in [3.05, 3.63) is 102 Å². The van der Waals surface area contributed by atoms with Gasteiger partial charge in [0.2, 0.25) is 5.91 Å². The largest absolute Gasteiger partial charge is 0.494 e. The Hall–Kier alpha value is -4.10. The standard InChI is InChI=1S/C38H42N2O4S/c1-3-4-5-6-7-8-9-21-44-34-20-19-31-24-33(18-17-32(31)25-34)37(42)40(2)26-28-11-10-12-30(22-28)29-15-13-27(14-16-29)23-35-36(41)39-38(43)45-35/h10-20,22,24-25,35H,3-9,21,23,26H2,1-2H3,(H,39,41,43). The van der Waals surface area contributed by atoms with Crippen molar-refractivity contribution in [2.24, 2.45) is 0 Å². The highest BCUT2D eigenvalue weighted by Gasteiger charge is 2.31. The van der Waals surface area contributed by atoms with Gasteiger partial charge < -0.3 is 9.64 Å². The normalized spacial score (nSPS) is 14.5. The number of unbranched alkanes of at least 4 members (excludes halogenated alkanes) is 6. The molecule has 5 rings (SSSR count). The van der Waals surface area contributed by atoms with Crippen LogP contribution in [-0.2, 0) is 17.8 Å². The minimum absolute atomic E-state index is 0.0294. The number of imide groups is 1. The van der Waals surface area contributed by atoms with Gasteiger partial charge in [0.1, 0.15) is 5.75 Å². The van der Waals surface area contributed by atoms with Crippen LogP contribution in [0.25, 0.3) is 21.9 Å². The van der Waals surface area contributed by atoms with Gasteiger partial charge in [-0.05, 0) is 76.2 Å². The van der Waals surface area contributed by atoms with Gasteiger partial charge in [-0.25, -0.2) is 0 Å². The average molecular weight is 623 g/mol. The zero-order valence-electron chi connectivity index (χ0n) is 26.2. The molecule has 1 heterocycles. The van der Waals surface area contributed by atoms with Gasteiger partial charge in [-0.3, -0.25) is 19.7 Å². The number of carbonyl (C=O) groups is 3. The van der Waals surface area contributed by atoms with Crippen LogP contribution in [0.4, 0.5) is 4.79 Å². The molecule has 1 aliphatic heterocycles. The van der Waals surface area contributed by atoms with Crippen LogP contribution in [0.15, 0.2) is 84.9 Å². The van der Waals surface area contributed by atoms with E-state index in [0.717, 1.165) is 63.6 Å². The first-order valence-corrected chi connectivity index (χ1v) is 16.9. The Labute approximate surface area is 270 Å². The molecule has 1 aliphatic rings. The van der Waals surface area contributed by atoms with E-state index in [9.17, 15) is 14.4 Å². The number of thioether (sulfide) groups is 1. The molecule has 0 radical (unpaired) electrons. The summed E-state index contributed by atoms with van der Waals surface area (Å²) < 4.78 is 6.00. The molecule has 0 aromatic heterocycles. The summed E-state index contributed by atoms with van der Waals surface area (Å²) in [5.41, 5.74) is 4.80. The summed E-state index contributed by atoms with van der Waals surface area (Å²) in [6, 6.07) is 28.2. The highest BCUT2D eigenvalue weighted by atomic mass is 32.2. The van der Waals surface area contributed by atoms with Gasteiger partial charge in [-0.15, -0.1) is 0 Å². The van der Waals surface area contributed by atoms with Gasteiger partial charge >= 0.3 is 0 Å². The monoisotopic (exact) mass is 622 g/mol. The fourth-order valence-corrected chi connectivity index (χ4v) is 6.55. The van der Waals surface area contributed by atoms with Crippen LogP contribution in [0.3, 0.4) is 0 Å². The third-order valence-corrected chi connectivity index (χ3v) is 9.23. The third kappa shape index (κ3) is 8.98. The molecule has 0 saturated carbocycles. The van der Waals surface area contributed by atoms with Gasteiger partial charge in [-0.1, -0.05) is 112 Å². The van der Waals surface area contributed by atoms with E-state index in [2.05, 4.69) is 30.4 Å². The Morgan fingerprint density at radius 1 is 0.800 bits per heavy atom. The van der Waals surface area contributed by atoms with E-state index < -0.39 is 0 Å². The number of nitrogens with one attached hydrogen (secondary N) is 1. The molecule has 45 heavy (non-hydrogen) atoms. The maximum absolute atomic E-state index is 13.4. The van der Waals surface area contributed by atoms with E-state index >= 15 is 0 Å². The zero-order chi connectivity index (χ0) is 31.6. The molecule has 7 heteroatoms. The number of ether oxygens (including phenoxy) is 1.